The van der Waals surface area contributed by atoms with E-state index in [9.17, 15) is 4.79 Å². The average Bonchev–Trinajstić information content (AvgIpc) is 2.56. The number of hydrogen-bond acceptors (Lipinski definition) is 5. The average molecular weight is 347 g/mol. The lowest BCUT2D eigenvalue weighted by atomic mass is 10.2. The van der Waals surface area contributed by atoms with Gasteiger partial charge in [0.2, 0.25) is 5.95 Å². The Kier molecular flexibility index (Phi) is 4.15. The summed E-state index contributed by atoms with van der Waals surface area (Å²) < 4.78 is 0.837. The summed E-state index contributed by atoms with van der Waals surface area (Å²) in [6.45, 7) is 3.59. The van der Waals surface area contributed by atoms with E-state index in [4.69, 9.17) is 0 Å². The molecule has 1 aliphatic rings. The van der Waals surface area contributed by atoms with Gasteiger partial charge >= 0.3 is 0 Å². The Morgan fingerprint density at radius 2 is 1.71 bits per heavy atom. The zero-order chi connectivity index (χ0) is 14.7. The number of carbonyl (C=O) groups is 1. The molecular formula is C15H15BrN4O. The number of anilines is 2. The fourth-order valence-corrected chi connectivity index (χ4v) is 2.89. The lowest BCUT2D eigenvalue weighted by molar-refractivity contribution is 0.112. The first-order chi connectivity index (χ1) is 10.3. The first kappa shape index (κ1) is 14.0. The lowest BCUT2D eigenvalue weighted by Crippen LogP contribution is -2.47. The molecule has 3 rings (SSSR count). The molecule has 108 valence electrons. The number of piperazine rings is 1. The monoisotopic (exact) mass is 346 g/mol. The summed E-state index contributed by atoms with van der Waals surface area (Å²) in [5.41, 5.74) is 1.80. The topological polar surface area (TPSA) is 49.3 Å². The molecule has 0 N–H and O–H groups in total. The van der Waals surface area contributed by atoms with Crippen molar-refractivity contribution in [1.29, 1.82) is 0 Å². The summed E-state index contributed by atoms with van der Waals surface area (Å²) in [5, 5.41) is 0. The quantitative estimate of drug-likeness (QED) is 0.798. The van der Waals surface area contributed by atoms with Gasteiger partial charge in [0.05, 0.1) is 0 Å². The molecule has 1 saturated heterocycles. The van der Waals surface area contributed by atoms with E-state index in [2.05, 4.69) is 35.7 Å². The van der Waals surface area contributed by atoms with Crippen molar-refractivity contribution in [3.8, 4) is 0 Å². The van der Waals surface area contributed by atoms with Crippen LogP contribution in [-0.4, -0.2) is 42.4 Å². The number of hydrogen-bond donors (Lipinski definition) is 0. The summed E-state index contributed by atoms with van der Waals surface area (Å²) >= 11 is 3.43. The van der Waals surface area contributed by atoms with Crippen LogP contribution in [0.4, 0.5) is 11.6 Å². The molecule has 6 heteroatoms. The first-order valence-electron chi connectivity index (χ1n) is 6.79. The van der Waals surface area contributed by atoms with E-state index in [-0.39, 0.29) is 0 Å². The third-order valence-corrected chi connectivity index (χ3v) is 4.28. The molecule has 0 bridgehead atoms. The van der Waals surface area contributed by atoms with Gasteiger partial charge in [0, 0.05) is 54.3 Å². The Morgan fingerprint density at radius 3 is 2.33 bits per heavy atom. The molecule has 0 radical (unpaired) electrons. The third-order valence-electron chi connectivity index (χ3n) is 3.59. The van der Waals surface area contributed by atoms with E-state index < -0.39 is 0 Å². The highest BCUT2D eigenvalue weighted by molar-refractivity contribution is 9.10. The van der Waals surface area contributed by atoms with E-state index in [0.29, 0.717) is 5.56 Å². The van der Waals surface area contributed by atoms with Gasteiger partial charge in [0.15, 0.2) is 6.29 Å². The Labute approximate surface area is 131 Å². The number of rotatable bonds is 3. The zero-order valence-electron chi connectivity index (χ0n) is 11.4. The van der Waals surface area contributed by atoms with Crippen LogP contribution in [0.25, 0.3) is 0 Å². The van der Waals surface area contributed by atoms with Crippen LogP contribution in [0.15, 0.2) is 41.1 Å². The second-order valence-corrected chi connectivity index (χ2v) is 5.70. The van der Waals surface area contributed by atoms with Crippen LogP contribution in [0.2, 0.25) is 0 Å². The molecule has 1 aliphatic heterocycles. The van der Waals surface area contributed by atoms with Gasteiger partial charge in [-0.25, -0.2) is 9.97 Å². The molecule has 2 heterocycles. The van der Waals surface area contributed by atoms with Crippen molar-refractivity contribution in [3.63, 3.8) is 0 Å². The van der Waals surface area contributed by atoms with E-state index in [1.54, 1.807) is 12.4 Å². The fourth-order valence-electron chi connectivity index (χ4n) is 2.43. The van der Waals surface area contributed by atoms with Crippen LogP contribution >= 0.6 is 15.9 Å². The van der Waals surface area contributed by atoms with Crippen LogP contribution in [0.5, 0.6) is 0 Å². The van der Waals surface area contributed by atoms with Gasteiger partial charge in [-0.3, -0.25) is 4.79 Å². The summed E-state index contributed by atoms with van der Waals surface area (Å²) in [6, 6.07) is 7.66. The zero-order valence-corrected chi connectivity index (χ0v) is 13.0. The molecule has 2 aromatic rings. The van der Waals surface area contributed by atoms with Crippen molar-refractivity contribution in [2.24, 2.45) is 0 Å². The molecule has 1 aromatic heterocycles. The maximum atomic E-state index is 10.9. The molecular weight excluding hydrogens is 332 g/mol. The van der Waals surface area contributed by atoms with Crippen molar-refractivity contribution >= 4 is 33.9 Å². The Morgan fingerprint density at radius 1 is 1.05 bits per heavy atom. The maximum Gasteiger partial charge on any atom is 0.225 e. The molecule has 21 heavy (non-hydrogen) atoms. The lowest BCUT2D eigenvalue weighted by Gasteiger charge is -2.36. The molecule has 1 aromatic carbocycles. The number of benzene rings is 1. The highest BCUT2D eigenvalue weighted by Gasteiger charge is 2.19. The molecule has 0 spiro atoms. The summed E-state index contributed by atoms with van der Waals surface area (Å²) in [4.78, 5) is 23.9. The number of aromatic nitrogens is 2. The highest BCUT2D eigenvalue weighted by atomic mass is 79.9. The molecule has 5 nitrogen and oxygen atoms in total. The van der Waals surface area contributed by atoms with Crippen molar-refractivity contribution < 1.29 is 4.79 Å². The van der Waals surface area contributed by atoms with Crippen LogP contribution in [-0.2, 0) is 0 Å². The minimum absolute atomic E-state index is 0.676. The van der Waals surface area contributed by atoms with Crippen molar-refractivity contribution in [1.82, 2.24) is 9.97 Å². The van der Waals surface area contributed by atoms with E-state index in [1.165, 1.54) is 0 Å². The Hall–Kier alpha value is -1.95. The van der Waals surface area contributed by atoms with Crippen molar-refractivity contribution in [2.45, 2.75) is 0 Å². The van der Waals surface area contributed by atoms with Crippen LogP contribution in [0, 0.1) is 0 Å². The highest BCUT2D eigenvalue weighted by Crippen LogP contribution is 2.24. The Balaban J connectivity index is 1.68. The molecule has 0 atom stereocenters. The second-order valence-electron chi connectivity index (χ2n) is 4.85. The normalized spacial score (nSPS) is 15.1. The van der Waals surface area contributed by atoms with Crippen LogP contribution in [0.1, 0.15) is 10.4 Å². The number of aldehydes is 1. The van der Waals surface area contributed by atoms with E-state index in [1.807, 2.05) is 24.3 Å². The van der Waals surface area contributed by atoms with Gasteiger partial charge in [-0.1, -0.05) is 0 Å². The smallest absolute Gasteiger partial charge is 0.225 e. The van der Waals surface area contributed by atoms with Gasteiger partial charge in [-0.15, -0.1) is 0 Å². The molecule has 0 aliphatic carbocycles. The molecule has 0 unspecified atom stereocenters. The third kappa shape index (κ3) is 3.05. The standard InChI is InChI=1S/C15H15BrN4O/c16-14-10-13(3-2-12(14)11-21)19-6-8-20(9-7-19)15-17-4-1-5-18-15/h1-5,10-11H,6-9H2. The summed E-state index contributed by atoms with van der Waals surface area (Å²) in [6.07, 6.45) is 4.40. The van der Waals surface area contributed by atoms with Gasteiger partial charge in [0.1, 0.15) is 0 Å². The summed E-state index contributed by atoms with van der Waals surface area (Å²) in [7, 11) is 0. The van der Waals surface area contributed by atoms with Crippen LogP contribution in [0.3, 0.4) is 0 Å². The van der Waals surface area contributed by atoms with E-state index >= 15 is 0 Å². The number of nitrogens with zero attached hydrogens (tertiary/aromatic N) is 4. The molecule has 0 amide bonds. The van der Waals surface area contributed by atoms with Gasteiger partial charge < -0.3 is 9.80 Å². The minimum Gasteiger partial charge on any atom is -0.368 e. The second kappa shape index (κ2) is 6.22. The number of halogens is 1. The van der Waals surface area contributed by atoms with Gasteiger partial charge in [0.25, 0.3) is 0 Å². The largest absolute Gasteiger partial charge is 0.368 e. The van der Waals surface area contributed by atoms with E-state index in [0.717, 1.165) is 48.6 Å². The Bertz CT molecular complexity index is 627. The summed E-state index contributed by atoms with van der Waals surface area (Å²) in [5.74, 6) is 0.787. The maximum absolute atomic E-state index is 10.9. The van der Waals surface area contributed by atoms with Crippen molar-refractivity contribution in [2.75, 3.05) is 36.0 Å². The van der Waals surface area contributed by atoms with Crippen LogP contribution < -0.4 is 9.80 Å². The SMILES string of the molecule is O=Cc1ccc(N2CCN(c3ncccn3)CC2)cc1Br. The number of carbonyl (C=O) groups excluding carboxylic acids is 1. The predicted molar refractivity (Wildman–Crippen MR) is 86.0 cm³/mol. The van der Waals surface area contributed by atoms with Gasteiger partial charge in [-0.2, -0.15) is 0 Å². The predicted octanol–water partition coefficient (Wildman–Crippen LogP) is 2.38. The van der Waals surface area contributed by atoms with Gasteiger partial charge in [-0.05, 0) is 40.2 Å². The molecule has 1 fully saturated rings. The van der Waals surface area contributed by atoms with Crippen molar-refractivity contribution in [3.05, 3.63) is 46.7 Å². The molecule has 0 saturated carbocycles. The first-order valence-corrected chi connectivity index (χ1v) is 7.59. The minimum atomic E-state index is 0.676. The fraction of sp³-hybridized carbons (Fsp3) is 0.267.